The number of pyridine rings is 1. The van der Waals surface area contributed by atoms with Crippen molar-refractivity contribution < 1.29 is 4.74 Å². The van der Waals surface area contributed by atoms with E-state index in [1.165, 1.54) is 5.56 Å². The molecular weight excluding hydrogens is 270 g/mol. The Kier molecular flexibility index (Phi) is 4.17. The first kappa shape index (κ1) is 13.9. The number of ether oxygens (including phenoxy) is 1. The predicted octanol–water partition coefficient (Wildman–Crippen LogP) is 4.58. The van der Waals surface area contributed by atoms with Crippen LogP contribution < -0.4 is 4.74 Å². The molecule has 1 heterocycles. The molecule has 0 aliphatic carbocycles. The Labute approximate surface area is 130 Å². The molecule has 106 valence electrons. The van der Waals surface area contributed by atoms with Crippen LogP contribution in [0.25, 0.3) is 0 Å². The van der Waals surface area contributed by atoms with E-state index in [0.29, 0.717) is 5.88 Å². The molecule has 3 aromatic rings. The summed E-state index contributed by atoms with van der Waals surface area (Å²) in [5.74, 6) is 7.59. The molecule has 1 aromatic heterocycles. The molecular formula is C20H15NO. The normalized spacial score (nSPS) is 9.68. The minimum atomic E-state index is 0.543. The van der Waals surface area contributed by atoms with Crippen LogP contribution in [0.4, 0.5) is 0 Å². The Bertz CT molecular complexity index is 812. The molecule has 2 nitrogen and oxygen atoms in total. The van der Waals surface area contributed by atoms with Crippen molar-refractivity contribution in [2.75, 3.05) is 0 Å². The van der Waals surface area contributed by atoms with Gasteiger partial charge >= 0.3 is 0 Å². The Morgan fingerprint density at radius 3 is 2.32 bits per heavy atom. The van der Waals surface area contributed by atoms with Gasteiger partial charge in [0.2, 0.25) is 5.88 Å². The zero-order valence-corrected chi connectivity index (χ0v) is 12.3. The second kappa shape index (κ2) is 6.60. The number of aromatic nitrogens is 1. The number of benzene rings is 2. The molecule has 0 saturated heterocycles. The summed E-state index contributed by atoms with van der Waals surface area (Å²) in [7, 11) is 0. The third-order valence-corrected chi connectivity index (χ3v) is 3.10. The smallest absolute Gasteiger partial charge is 0.220 e. The van der Waals surface area contributed by atoms with Gasteiger partial charge in [-0.25, -0.2) is 4.98 Å². The van der Waals surface area contributed by atoms with Crippen LogP contribution in [0.15, 0.2) is 72.9 Å². The van der Waals surface area contributed by atoms with Crippen molar-refractivity contribution in [3.05, 3.63) is 89.6 Å². The summed E-state index contributed by atoms with van der Waals surface area (Å²) in [5.41, 5.74) is 3.10. The van der Waals surface area contributed by atoms with Gasteiger partial charge in [-0.3, -0.25) is 0 Å². The number of hydrogen-bond acceptors (Lipinski definition) is 2. The van der Waals surface area contributed by atoms with Gasteiger partial charge in [-0.05, 0) is 37.3 Å². The molecule has 0 bridgehead atoms. The minimum absolute atomic E-state index is 0.543. The maximum Gasteiger partial charge on any atom is 0.220 e. The zero-order chi connectivity index (χ0) is 15.2. The fraction of sp³-hybridized carbons (Fsp3) is 0.0500. The zero-order valence-electron chi connectivity index (χ0n) is 12.3. The van der Waals surface area contributed by atoms with E-state index in [-0.39, 0.29) is 0 Å². The Morgan fingerprint density at radius 1 is 0.818 bits per heavy atom. The second-order valence-electron chi connectivity index (χ2n) is 4.91. The molecule has 0 amide bonds. The summed E-state index contributed by atoms with van der Waals surface area (Å²) in [6.07, 6.45) is 1.71. The Hall–Kier alpha value is -3.05. The highest BCUT2D eigenvalue weighted by Gasteiger charge is 1.98. The first-order chi connectivity index (χ1) is 10.8. The number of rotatable bonds is 2. The van der Waals surface area contributed by atoms with E-state index in [1.54, 1.807) is 6.20 Å². The maximum atomic E-state index is 5.71. The van der Waals surface area contributed by atoms with Crippen molar-refractivity contribution in [2.24, 2.45) is 0 Å². The maximum absolute atomic E-state index is 5.71. The van der Waals surface area contributed by atoms with E-state index in [4.69, 9.17) is 4.74 Å². The highest BCUT2D eigenvalue weighted by atomic mass is 16.5. The number of para-hydroxylation sites is 1. The summed E-state index contributed by atoms with van der Waals surface area (Å²) in [6.45, 7) is 2.06. The van der Waals surface area contributed by atoms with Crippen molar-refractivity contribution in [2.45, 2.75) is 6.92 Å². The molecule has 0 spiro atoms. The van der Waals surface area contributed by atoms with Crippen LogP contribution in [0, 0.1) is 18.8 Å². The van der Waals surface area contributed by atoms with Crippen molar-refractivity contribution in [3.8, 4) is 23.5 Å². The van der Waals surface area contributed by atoms with Crippen molar-refractivity contribution in [1.29, 1.82) is 0 Å². The summed E-state index contributed by atoms with van der Waals surface area (Å²) in [4.78, 5) is 4.21. The summed E-state index contributed by atoms with van der Waals surface area (Å²) in [6, 6.07) is 21.5. The van der Waals surface area contributed by atoms with E-state index in [9.17, 15) is 0 Å². The molecule has 2 aromatic carbocycles. The van der Waals surface area contributed by atoms with Crippen LogP contribution in [0.5, 0.6) is 11.6 Å². The van der Waals surface area contributed by atoms with Gasteiger partial charge in [0.1, 0.15) is 5.75 Å². The molecule has 0 saturated carbocycles. The molecule has 2 heteroatoms. The van der Waals surface area contributed by atoms with Gasteiger partial charge in [-0.2, -0.15) is 0 Å². The predicted molar refractivity (Wildman–Crippen MR) is 87.9 cm³/mol. The fourth-order valence-corrected chi connectivity index (χ4v) is 1.93. The van der Waals surface area contributed by atoms with Crippen molar-refractivity contribution >= 4 is 0 Å². The van der Waals surface area contributed by atoms with Gasteiger partial charge in [0.05, 0.1) is 0 Å². The van der Waals surface area contributed by atoms with Gasteiger partial charge in [0.25, 0.3) is 0 Å². The van der Waals surface area contributed by atoms with Crippen LogP contribution in [0.1, 0.15) is 16.7 Å². The third kappa shape index (κ3) is 3.74. The SMILES string of the molecule is Cc1ccc(C#Cc2ccnc(Oc3ccccc3)c2)cc1. The Morgan fingerprint density at radius 2 is 1.55 bits per heavy atom. The first-order valence-corrected chi connectivity index (χ1v) is 7.07. The van der Waals surface area contributed by atoms with E-state index in [0.717, 1.165) is 16.9 Å². The molecule has 0 aliphatic heterocycles. The second-order valence-corrected chi connectivity index (χ2v) is 4.91. The lowest BCUT2D eigenvalue weighted by molar-refractivity contribution is 0.463. The van der Waals surface area contributed by atoms with Crippen LogP contribution in [0.2, 0.25) is 0 Å². The summed E-state index contributed by atoms with van der Waals surface area (Å²) < 4.78 is 5.71. The molecule has 0 atom stereocenters. The highest BCUT2D eigenvalue weighted by Crippen LogP contribution is 2.19. The van der Waals surface area contributed by atoms with Gasteiger partial charge in [-0.1, -0.05) is 47.7 Å². The van der Waals surface area contributed by atoms with E-state index >= 15 is 0 Å². The van der Waals surface area contributed by atoms with Crippen LogP contribution in [-0.2, 0) is 0 Å². The monoisotopic (exact) mass is 285 g/mol. The average Bonchev–Trinajstić information content (AvgIpc) is 2.56. The third-order valence-electron chi connectivity index (χ3n) is 3.10. The summed E-state index contributed by atoms with van der Waals surface area (Å²) in [5, 5.41) is 0. The lowest BCUT2D eigenvalue weighted by atomic mass is 10.1. The lowest BCUT2D eigenvalue weighted by Crippen LogP contribution is -1.88. The van der Waals surface area contributed by atoms with Crippen LogP contribution in [-0.4, -0.2) is 4.98 Å². The average molecular weight is 285 g/mol. The van der Waals surface area contributed by atoms with Gasteiger partial charge in [0.15, 0.2) is 0 Å². The van der Waals surface area contributed by atoms with Crippen molar-refractivity contribution in [1.82, 2.24) is 4.98 Å². The lowest BCUT2D eigenvalue weighted by Gasteiger charge is -2.03. The quantitative estimate of drug-likeness (QED) is 0.643. The van der Waals surface area contributed by atoms with Crippen LogP contribution in [0.3, 0.4) is 0 Å². The van der Waals surface area contributed by atoms with Crippen molar-refractivity contribution in [3.63, 3.8) is 0 Å². The Balaban J connectivity index is 1.78. The molecule has 3 rings (SSSR count). The standard InChI is InChI=1S/C20H15NO/c1-16-7-9-17(10-8-16)11-12-18-13-14-21-20(15-18)22-19-5-3-2-4-6-19/h2-10,13-15H,1H3. The van der Waals surface area contributed by atoms with Gasteiger partial charge < -0.3 is 4.74 Å². The molecule has 0 radical (unpaired) electrons. The van der Waals surface area contributed by atoms with E-state index in [1.807, 2.05) is 54.6 Å². The van der Waals surface area contributed by atoms with E-state index in [2.05, 4.69) is 35.9 Å². The molecule has 0 aliphatic rings. The fourth-order valence-electron chi connectivity index (χ4n) is 1.93. The molecule has 22 heavy (non-hydrogen) atoms. The van der Waals surface area contributed by atoms with E-state index < -0.39 is 0 Å². The summed E-state index contributed by atoms with van der Waals surface area (Å²) >= 11 is 0. The van der Waals surface area contributed by atoms with Gasteiger partial charge in [-0.15, -0.1) is 0 Å². The van der Waals surface area contributed by atoms with Gasteiger partial charge in [0, 0.05) is 23.4 Å². The minimum Gasteiger partial charge on any atom is -0.439 e. The topological polar surface area (TPSA) is 22.1 Å². The molecule has 0 fully saturated rings. The number of aryl methyl sites for hydroxylation is 1. The molecule has 0 N–H and O–H groups in total. The largest absolute Gasteiger partial charge is 0.439 e. The van der Waals surface area contributed by atoms with Crippen LogP contribution >= 0.6 is 0 Å². The number of hydrogen-bond donors (Lipinski definition) is 0. The highest BCUT2D eigenvalue weighted by molar-refractivity contribution is 5.44. The first-order valence-electron chi connectivity index (χ1n) is 7.07. The molecule has 0 unspecified atom stereocenters. The number of nitrogens with zero attached hydrogens (tertiary/aromatic N) is 1.